The van der Waals surface area contributed by atoms with Crippen LogP contribution in [0.15, 0.2) is 24.3 Å². The summed E-state index contributed by atoms with van der Waals surface area (Å²) in [5, 5.41) is 11.5. The van der Waals surface area contributed by atoms with E-state index in [1.807, 2.05) is 31.2 Å². The summed E-state index contributed by atoms with van der Waals surface area (Å²) in [5.74, 6) is -0.718. The number of carbonyl (C=O) groups excluding carboxylic acids is 1. The van der Waals surface area contributed by atoms with Gasteiger partial charge in [0.1, 0.15) is 0 Å². The first kappa shape index (κ1) is 12.4. The highest BCUT2D eigenvalue weighted by Gasteiger charge is 2.32. The van der Waals surface area contributed by atoms with Crippen molar-refractivity contribution in [1.82, 2.24) is 4.90 Å². The van der Waals surface area contributed by atoms with Crippen LogP contribution in [0.3, 0.4) is 0 Å². The predicted octanol–water partition coefficient (Wildman–Crippen LogP) is 1.93. The van der Waals surface area contributed by atoms with Crippen LogP contribution in [0.4, 0.5) is 10.5 Å². The summed E-state index contributed by atoms with van der Waals surface area (Å²) in [6.07, 6.45) is 0.133. The third-order valence-electron chi connectivity index (χ3n) is 3.09. The number of anilines is 1. The lowest BCUT2D eigenvalue weighted by Crippen LogP contribution is -2.52. The van der Waals surface area contributed by atoms with Crippen molar-refractivity contribution in [1.29, 1.82) is 0 Å². The van der Waals surface area contributed by atoms with Crippen LogP contribution in [0.1, 0.15) is 12.0 Å². The lowest BCUT2D eigenvalue weighted by atomic mass is 9.97. The van der Waals surface area contributed by atoms with E-state index in [0.29, 0.717) is 13.1 Å². The number of carboxylic acid groups (broad SMARTS) is 1. The third kappa shape index (κ3) is 2.80. The molecule has 1 heterocycles. The number of likely N-dealkylation sites (tertiary alicyclic amines) is 1. The summed E-state index contributed by atoms with van der Waals surface area (Å²) >= 11 is 0. The molecular formula is C13H16N2O3. The molecule has 5 nitrogen and oxygen atoms in total. The Morgan fingerprint density at radius 1 is 1.39 bits per heavy atom. The quantitative estimate of drug-likeness (QED) is 0.858. The van der Waals surface area contributed by atoms with Crippen LogP contribution in [0.25, 0.3) is 0 Å². The Labute approximate surface area is 105 Å². The van der Waals surface area contributed by atoms with Crippen molar-refractivity contribution >= 4 is 17.7 Å². The first-order valence-corrected chi connectivity index (χ1v) is 5.89. The van der Waals surface area contributed by atoms with Crippen LogP contribution >= 0.6 is 0 Å². The first-order chi connectivity index (χ1) is 8.56. The number of urea groups is 1. The minimum atomic E-state index is -0.807. The second-order valence-electron chi connectivity index (χ2n) is 4.61. The fourth-order valence-corrected chi connectivity index (χ4v) is 2.02. The van der Waals surface area contributed by atoms with Crippen LogP contribution < -0.4 is 5.32 Å². The van der Waals surface area contributed by atoms with Crippen molar-refractivity contribution in [2.45, 2.75) is 13.3 Å². The molecule has 1 aromatic carbocycles. The second kappa shape index (κ2) is 5.08. The Kier molecular flexibility index (Phi) is 3.50. The van der Waals surface area contributed by atoms with E-state index in [1.165, 1.54) is 0 Å². The highest BCUT2D eigenvalue weighted by atomic mass is 16.4. The maximum atomic E-state index is 11.8. The molecule has 0 unspecified atom stereocenters. The average molecular weight is 248 g/mol. The van der Waals surface area contributed by atoms with E-state index in [9.17, 15) is 9.59 Å². The van der Waals surface area contributed by atoms with Gasteiger partial charge in [0, 0.05) is 24.7 Å². The topological polar surface area (TPSA) is 69.6 Å². The van der Waals surface area contributed by atoms with Crippen molar-refractivity contribution in [3.05, 3.63) is 29.8 Å². The number of nitrogens with zero attached hydrogens (tertiary/aromatic N) is 1. The maximum Gasteiger partial charge on any atom is 0.321 e. The maximum absolute atomic E-state index is 11.8. The van der Waals surface area contributed by atoms with Crippen molar-refractivity contribution in [3.8, 4) is 0 Å². The highest BCUT2D eigenvalue weighted by molar-refractivity contribution is 5.90. The molecule has 0 saturated carbocycles. The number of carboxylic acids is 1. The van der Waals surface area contributed by atoms with Crippen molar-refractivity contribution < 1.29 is 14.7 Å². The molecule has 1 fully saturated rings. The molecule has 18 heavy (non-hydrogen) atoms. The minimum Gasteiger partial charge on any atom is -0.481 e. The van der Waals surface area contributed by atoms with E-state index < -0.39 is 5.97 Å². The third-order valence-corrected chi connectivity index (χ3v) is 3.09. The Morgan fingerprint density at radius 2 is 2.06 bits per heavy atom. The van der Waals surface area contributed by atoms with Crippen LogP contribution in [0.5, 0.6) is 0 Å². The normalized spacial score (nSPS) is 15.1. The number of benzene rings is 1. The zero-order chi connectivity index (χ0) is 13.1. The second-order valence-corrected chi connectivity index (χ2v) is 4.61. The van der Waals surface area contributed by atoms with E-state index in [2.05, 4.69) is 5.32 Å². The Balaban J connectivity index is 1.84. The molecular weight excluding hydrogens is 232 g/mol. The number of aliphatic carboxylic acids is 1. The predicted molar refractivity (Wildman–Crippen MR) is 67.5 cm³/mol. The van der Waals surface area contributed by atoms with E-state index in [4.69, 9.17) is 5.11 Å². The first-order valence-electron chi connectivity index (χ1n) is 5.89. The molecule has 0 radical (unpaired) electrons. The fraction of sp³-hybridized carbons (Fsp3) is 0.385. The summed E-state index contributed by atoms with van der Waals surface area (Å²) < 4.78 is 0. The summed E-state index contributed by atoms with van der Waals surface area (Å²) in [4.78, 5) is 24.0. The Bertz CT molecular complexity index is 467. The molecule has 2 rings (SSSR count). The van der Waals surface area contributed by atoms with Gasteiger partial charge in [0.05, 0.1) is 6.42 Å². The fourth-order valence-electron chi connectivity index (χ4n) is 2.02. The van der Waals surface area contributed by atoms with Gasteiger partial charge in [-0.15, -0.1) is 0 Å². The molecule has 2 amide bonds. The van der Waals surface area contributed by atoms with Crippen LogP contribution in [-0.4, -0.2) is 35.1 Å². The van der Waals surface area contributed by atoms with Crippen LogP contribution in [0.2, 0.25) is 0 Å². The van der Waals surface area contributed by atoms with Crippen LogP contribution in [-0.2, 0) is 4.79 Å². The van der Waals surface area contributed by atoms with E-state index in [0.717, 1.165) is 11.3 Å². The van der Waals surface area contributed by atoms with Gasteiger partial charge in [-0.2, -0.15) is 0 Å². The van der Waals surface area contributed by atoms with Gasteiger partial charge in [-0.1, -0.05) is 18.2 Å². The molecule has 0 spiro atoms. The monoisotopic (exact) mass is 248 g/mol. The lowest BCUT2D eigenvalue weighted by molar-refractivity contribution is -0.139. The van der Waals surface area contributed by atoms with Gasteiger partial charge >= 0.3 is 12.0 Å². The zero-order valence-electron chi connectivity index (χ0n) is 10.2. The molecule has 0 aromatic heterocycles. The minimum absolute atomic E-state index is 0.0881. The molecule has 1 aromatic rings. The standard InChI is InChI=1S/C13H16N2O3/c1-9-4-2-3-5-11(9)14-13(18)15-7-10(8-15)6-12(16)17/h2-5,10H,6-8H2,1H3,(H,14,18)(H,16,17). The SMILES string of the molecule is Cc1ccccc1NC(=O)N1CC(CC(=O)O)C1. The summed E-state index contributed by atoms with van der Waals surface area (Å²) in [5.41, 5.74) is 1.80. The number of amides is 2. The van der Waals surface area contributed by atoms with Gasteiger partial charge in [0.2, 0.25) is 0 Å². The van der Waals surface area contributed by atoms with Gasteiger partial charge in [-0.3, -0.25) is 4.79 Å². The number of rotatable bonds is 3. The Morgan fingerprint density at radius 3 is 2.67 bits per heavy atom. The highest BCUT2D eigenvalue weighted by Crippen LogP contribution is 2.21. The van der Waals surface area contributed by atoms with E-state index in [1.54, 1.807) is 4.90 Å². The van der Waals surface area contributed by atoms with Gasteiger partial charge in [0.15, 0.2) is 0 Å². The number of carbonyl (C=O) groups is 2. The number of para-hydroxylation sites is 1. The van der Waals surface area contributed by atoms with Crippen molar-refractivity contribution in [3.63, 3.8) is 0 Å². The van der Waals surface area contributed by atoms with E-state index in [-0.39, 0.29) is 18.4 Å². The zero-order valence-corrected chi connectivity index (χ0v) is 10.2. The summed E-state index contributed by atoms with van der Waals surface area (Å²) in [6, 6.07) is 7.40. The molecule has 1 aliphatic heterocycles. The molecule has 0 aliphatic carbocycles. The Hall–Kier alpha value is -2.04. The molecule has 1 aliphatic rings. The molecule has 0 atom stereocenters. The van der Waals surface area contributed by atoms with Gasteiger partial charge in [-0.05, 0) is 18.6 Å². The van der Waals surface area contributed by atoms with E-state index >= 15 is 0 Å². The average Bonchev–Trinajstić information content (AvgIpc) is 2.25. The number of nitrogens with one attached hydrogen (secondary N) is 1. The van der Waals surface area contributed by atoms with Crippen LogP contribution in [0, 0.1) is 12.8 Å². The number of aryl methyl sites for hydroxylation is 1. The van der Waals surface area contributed by atoms with Gasteiger partial charge in [-0.25, -0.2) is 4.79 Å². The molecule has 1 saturated heterocycles. The molecule has 96 valence electrons. The number of hydrogen-bond acceptors (Lipinski definition) is 2. The number of hydrogen-bond donors (Lipinski definition) is 2. The largest absolute Gasteiger partial charge is 0.481 e. The molecule has 2 N–H and O–H groups in total. The molecule has 5 heteroatoms. The summed E-state index contributed by atoms with van der Waals surface area (Å²) in [6.45, 7) is 2.97. The van der Waals surface area contributed by atoms with Crippen molar-refractivity contribution in [2.24, 2.45) is 5.92 Å². The molecule has 0 bridgehead atoms. The van der Waals surface area contributed by atoms with Gasteiger partial charge in [0.25, 0.3) is 0 Å². The van der Waals surface area contributed by atoms with Crippen molar-refractivity contribution in [2.75, 3.05) is 18.4 Å². The smallest absolute Gasteiger partial charge is 0.321 e. The summed E-state index contributed by atoms with van der Waals surface area (Å²) in [7, 11) is 0. The van der Waals surface area contributed by atoms with Gasteiger partial charge < -0.3 is 15.3 Å². The lowest BCUT2D eigenvalue weighted by Gasteiger charge is -2.38.